The topological polar surface area (TPSA) is 90.9 Å². The SMILES string of the molecule is CCOC(=O)C[C@@H]1CC[C@@H](C=O)[C@H](c2ccccc2)C1C1N[C@@H](C(=O)OC)CO1. The van der Waals surface area contributed by atoms with Crippen molar-refractivity contribution in [2.75, 3.05) is 20.3 Å². The Hall–Kier alpha value is -2.25. The maximum atomic E-state index is 12.3. The molecule has 1 N–H and O–H groups in total. The molecule has 0 amide bonds. The van der Waals surface area contributed by atoms with Crippen molar-refractivity contribution in [3.8, 4) is 0 Å². The van der Waals surface area contributed by atoms with Gasteiger partial charge in [0.05, 0.1) is 20.3 Å². The van der Waals surface area contributed by atoms with Crippen LogP contribution in [0.3, 0.4) is 0 Å². The molecular weight excluding hydrogens is 374 g/mol. The number of esters is 2. The molecule has 7 heteroatoms. The molecule has 1 aliphatic heterocycles. The van der Waals surface area contributed by atoms with Crippen molar-refractivity contribution < 1.29 is 28.6 Å². The molecule has 1 aromatic rings. The van der Waals surface area contributed by atoms with Crippen LogP contribution in [0.5, 0.6) is 0 Å². The van der Waals surface area contributed by atoms with Crippen molar-refractivity contribution in [3.63, 3.8) is 0 Å². The molecule has 0 bridgehead atoms. The number of methoxy groups -OCH3 is 1. The van der Waals surface area contributed by atoms with E-state index in [0.717, 1.165) is 18.3 Å². The smallest absolute Gasteiger partial charge is 0.325 e. The lowest BCUT2D eigenvalue weighted by molar-refractivity contribution is -0.146. The first kappa shape index (κ1) is 21.5. The van der Waals surface area contributed by atoms with Gasteiger partial charge in [0.25, 0.3) is 0 Å². The number of hydrogen-bond donors (Lipinski definition) is 1. The number of benzene rings is 1. The highest BCUT2D eigenvalue weighted by atomic mass is 16.5. The predicted molar refractivity (Wildman–Crippen MR) is 105 cm³/mol. The standard InChI is InChI=1S/C22H29NO6/c1-3-28-18(25)11-15-9-10-16(12-24)19(14-7-5-4-6-8-14)20(15)21-23-17(13-29-21)22(26)27-2/h4-8,12,15-17,19-21,23H,3,9-11,13H2,1-2H3/t15-,16-,17+,19-,20?,21?/m0/s1. The summed E-state index contributed by atoms with van der Waals surface area (Å²) in [6.45, 7) is 2.32. The third-order valence-corrected chi connectivity index (χ3v) is 6.03. The summed E-state index contributed by atoms with van der Waals surface area (Å²) >= 11 is 0. The monoisotopic (exact) mass is 403 g/mol. The number of carbonyl (C=O) groups excluding carboxylic acids is 3. The summed E-state index contributed by atoms with van der Waals surface area (Å²) in [5, 5.41) is 3.23. The number of aldehydes is 1. The Morgan fingerprint density at radius 2 is 2.00 bits per heavy atom. The van der Waals surface area contributed by atoms with Gasteiger partial charge in [-0.2, -0.15) is 0 Å². The van der Waals surface area contributed by atoms with E-state index in [1.807, 2.05) is 30.3 Å². The van der Waals surface area contributed by atoms with Crippen LogP contribution in [0.2, 0.25) is 0 Å². The van der Waals surface area contributed by atoms with Crippen LogP contribution in [-0.4, -0.2) is 50.8 Å². The molecule has 3 rings (SSSR count). The summed E-state index contributed by atoms with van der Waals surface area (Å²) in [6.07, 6.45) is 2.25. The van der Waals surface area contributed by atoms with Gasteiger partial charge in [-0.3, -0.25) is 14.9 Å². The Kier molecular flexibility index (Phi) is 7.39. The number of nitrogens with one attached hydrogen (secondary N) is 1. The molecule has 2 fully saturated rings. The molecule has 0 radical (unpaired) electrons. The van der Waals surface area contributed by atoms with E-state index >= 15 is 0 Å². The van der Waals surface area contributed by atoms with Gasteiger partial charge < -0.3 is 19.0 Å². The van der Waals surface area contributed by atoms with Gasteiger partial charge >= 0.3 is 11.9 Å². The lowest BCUT2D eigenvalue weighted by Crippen LogP contribution is -2.48. The van der Waals surface area contributed by atoms with Crippen LogP contribution in [0.1, 0.15) is 37.7 Å². The fourth-order valence-electron chi connectivity index (χ4n) is 4.76. The zero-order valence-electron chi connectivity index (χ0n) is 16.9. The van der Waals surface area contributed by atoms with Crippen LogP contribution < -0.4 is 5.32 Å². The van der Waals surface area contributed by atoms with E-state index in [0.29, 0.717) is 13.0 Å². The Balaban J connectivity index is 1.92. The first-order valence-electron chi connectivity index (χ1n) is 10.2. The average molecular weight is 403 g/mol. The third kappa shape index (κ3) is 4.85. The minimum absolute atomic E-state index is 0.0237. The van der Waals surface area contributed by atoms with Crippen LogP contribution in [0.25, 0.3) is 0 Å². The van der Waals surface area contributed by atoms with Crippen molar-refractivity contribution in [2.45, 2.75) is 44.4 Å². The third-order valence-electron chi connectivity index (χ3n) is 6.03. The summed E-state index contributed by atoms with van der Waals surface area (Å²) in [6, 6.07) is 9.29. The van der Waals surface area contributed by atoms with Crippen molar-refractivity contribution in [1.29, 1.82) is 0 Å². The Morgan fingerprint density at radius 1 is 1.24 bits per heavy atom. The zero-order chi connectivity index (χ0) is 20.8. The normalized spacial score (nSPS) is 31.8. The molecule has 158 valence electrons. The highest BCUT2D eigenvalue weighted by molar-refractivity contribution is 5.76. The highest BCUT2D eigenvalue weighted by Gasteiger charge is 2.48. The molecule has 2 aliphatic rings. The molecular formula is C22H29NO6. The second kappa shape index (κ2) is 9.98. The number of hydrogen-bond acceptors (Lipinski definition) is 7. The van der Waals surface area contributed by atoms with Gasteiger partial charge in [0, 0.05) is 24.2 Å². The number of carbonyl (C=O) groups is 3. The molecule has 0 aromatic heterocycles. The van der Waals surface area contributed by atoms with E-state index in [4.69, 9.17) is 14.2 Å². The molecule has 7 nitrogen and oxygen atoms in total. The Labute approximate surface area is 171 Å². The van der Waals surface area contributed by atoms with E-state index in [1.165, 1.54) is 7.11 Å². The number of ether oxygens (including phenoxy) is 3. The fourth-order valence-corrected chi connectivity index (χ4v) is 4.76. The number of rotatable bonds is 7. The fraction of sp³-hybridized carbons (Fsp3) is 0.591. The zero-order valence-corrected chi connectivity index (χ0v) is 16.9. The van der Waals surface area contributed by atoms with Crippen molar-refractivity contribution in [2.24, 2.45) is 17.8 Å². The Bertz CT molecular complexity index is 709. The minimum Gasteiger partial charge on any atom is -0.468 e. The molecule has 6 atom stereocenters. The largest absolute Gasteiger partial charge is 0.468 e. The second-order valence-electron chi connectivity index (χ2n) is 7.66. The quantitative estimate of drug-likeness (QED) is 0.550. The van der Waals surface area contributed by atoms with Gasteiger partial charge in [-0.1, -0.05) is 30.3 Å². The van der Waals surface area contributed by atoms with Gasteiger partial charge in [-0.05, 0) is 31.2 Å². The second-order valence-corrected chi connectivity index (χ2v) is 7.66. The summed E-state index contributed by atoms with van der Waals surface area (Å²) < 4.78 is 16.0. The van der Waals surface area contributed by atoms with E-state index < -0.39 is 12.3 Å². The molecule has 2 unspecified atom stereocenters. The van der Waals surface area contributed by atoms with E-state index in [2.05, 4.69) is 5.32 Å². The van der Waals surface area contributed by atoms with Gasteiger partial charge in [0.2, 0.25) is 0 Å². The van der Waals surface area contributed by atoms with Crippen molar-refractivity contribution in [1.82, 2.24) is 5.32 Å². The maximum absolute atomic E-state index is 12.3. The molecule has 1 aliphatic carbocycles. The first-order valence-corrected chi connectivity index (χ1v) is 10.2. The lowest BCUT2D eigenvalue weighted by atomic mass is 9.63. The van der Waals surface area contributed by atoms with Crippen LogP contribution in [0.15, 0.2) is 30.3 Å². The van der Waals surface area contributed by atoms with Gasteiger partial charge in [-0.15, -0.1) is 0 Å². The maximum Gasteiger partial charge on any atom is 0.325 e. The summed E-state index contributed by atoms with van der Waals surface area (Å²) in [5.74, 6) is -1.10. The Morgan fingerprint density at radius 3 is 2.66 bits per heavy atom. The van der Waals surface area contributed by atoms with Gasteiger partial charge in [0.15, 0.2) is 0 Å². The minimum atomic E-state index is -0.554. The van der Waals surface area contributed by atoms with Crippen LogP contribution in [0.4, 0.5) is 0 Å². The molecule has 0 spiro atoms. The molecule has 1 saturated heterocycles. The highest BCUT2D eigenvalue weighted by Crippen LogP contribution is 2.48. The summed E-state index contributed by atoms with van der Waals surface area (Å²) in [7, 11) is 1.34. The molecule has 1 heterocycles. The van der Waals surface area contributed by atoms with Gasteiger partial charge in [-0.25, -0.2) is 0 Å². The molecule has 1 aromatic carbocycles. The van der Waals surface area contributed by atoms with Gasteiger partial charge in [0.1, 0.15) is 18.6 Å². The lowest BCUT2D eigenvalue weighted by Gasteiger charge is -2.44. The summed E-state index contributed by atoms with van der Waals surface area (Å²) in [4.78, 5) is 36.1. The van der Waals surface area contributed by atoms with Crippen LogP contribution in [0, 0.1) is 17.8 Å². The molecule has 1 saturated carbocycles. The van der Waals surface area contributed by atoms with Crippen LogP contribution >= 0.6 is 0 Å². The average Bonchev–Trinajstić information content (AvgIpc) is 3.23. The van der Waals surface area contributed by atoms with E-state index in [9.17, 15) is 14.4 Å². The first-order chi connectivity index (χ1) is 14.1. The molecule has 29 heavy (non-hydrogen) atoms. The van der Waals surface area contributed by atoms with E-state index in [-0.39, 0.29) is 48.6 Å². The van der Waals surface area contributed by atoms with Crippen LogP contribution in [-0.2, 0) is 28.6 Å². The van der Waals surface area contributed by atoms with Crippen molar-refractivity contribution >= 4 is 18.2 Å². The van der Waals surface area contributed by atoms with E-state index in [1.54, 1.807) is 6.92 Å². The summed E-state index contributed by atoms with van der Waals surface area (Å²) in [5.41, 5.74) is 1.04. The van der Waals surface area contributed by atoms with Crippen molar-refractivity contribution in [3.05, 3.63) is 35.9 Å². The predicted octanol–water partition coefficient (Wildman–Crippen LogP) is 2.05.